The third-order valence-corrected chi connectivity index (χ3v) is 6.64. The SMILES string of the molecule is CC(CCO)(CCCC(=O)CCCC(C)(CCO)c1ccccc1)c1ccccc1. The van der Waals surface area contributed by atoms with Gasteiger partial charge in [-0.25, -0.2) is 0 Å². The molecule has 2 atom stereocenters. The molecule has 0 heterocycles. The Kier molecular flexibility index (Phi) is 9.74. The first-order chi connectivity index (χ1) is 14.4. The van der Waals surface area contributed by atoms with Gasteiger partial charge in [-0.15, -0.1) is 0 Å². The highest BCUT2D eigenvalue weighted by atomic mass is 16.3. The lowest BCUT2D eigenvalue weighted by atomic mass is 9.75. The maximum atomic E-state index is 12.5. The first-order valence-electron chi connectivity index (χ1n) is 11.3. The molecule has 0 aliphatic heterocycles. The van der Waals surface area contributed by atoms with E-state index in [1.165, 1.54) is 11.1 Å². The summed E-state index contributed by atoms with van der Waals surface area (Å²) in [7, 11) is 0. The molecule has 164 valence electrons. The fourth-order valence-electron chi connectivity index (χ4n) is 4.48. The van der Waals surface area contributed by atoms with Crippen LogP contribution in [0.25, 0.3) is 0 Å². The van der Waals surface area contributed by atoms with E-state index < -0.39 is 0 Å². The van der Waals surface area contributed by atoms with Crippen molar-refractivity contribution in [2.24, 2.45) is 0 Å². The summed E-state index contributed by atoms with van der Waals surface area (Å²) in [5, 5.41) is 19.0. The Balaban J connectivity index is 1.82. The van der Waals surface area contributed by atoms with Crippen LogP contribution < -0.4 is 0 Å². The second-order valence-corrected chi connectivity index (χ2v) is 9.05. The van der Waals surface area contributed by atoms with Crippen LogP contribution in [0.1, 0.15) is 76.3 Å². The summed E-state index contributed by atoms with van der Waals surface area (Å²) in [5.74, 6) is 0.314. The largest absolute Gasteiger partial charge is 0.396 e. The van der Waals surface area contributed by atoms with Crippen molar-refractivity contribution in [3.8, 4) is 0 Å². The second kappa shape index (κ2) is 12.0. The average Bonchev–Trinajstić information content (AvgIpc) is 2.75. The van der Waals surface area contributed by atoms with E-state index >= 15 is 0 Å². The molecule has 0 amide bonds. The lowest BCUT2D eigenvalue weighted by Crippen LogP contribution is -2.24. The predicted octanol–water partition coefficient (Wildman–Crippen LogP) is 5.58. The van der Waals surface area contributed by atoms with Crippen molar-refractivity contribution in [1.29, 1.82) is 0 Å². The molecular weight excluding hydrogens is 372 g/mol. The van der Waals surface area contributed by atoms with E-state index in [0.29, 0.717) is 31.5 Å². The van der Waals surface area contributed by atoms with Crippen molar-refractivity contribution in [2.75, 3.05) is 13.2 Å². The summed E-state index contributed by atoms with van der Waals surface area (Å²) < 4.78 is 0. The van der Waals surface area contributed by atoms with Gasteiger partial charge in [-0.1, -0.05) is 74.5 Å². The third-order valence-electron chi connectivity index (χ3n) is 6.64. The van der Waals surface area contributed by atoms with Crippen LogP contribution in [0.2, 0.25) is 0 Å². The van der Waals surface area contributed by atoms with Gasteiger partial charge in [-0.05, 0) is 60.5 Å². The number of Topliss-reactive ketones (excluding diaryl/α,β-unsaturated/α-hetero) is 1. The minimum Gasteiger partial charge on any atom is -0.396 e. The van der Waals surface area contributed by atoms with Gasteiger partial charge in [0.15, 0.2) is 0 Å². The van der Waals surface area contributed by atoms with Gasteiger partial charge in [0.1, 0.15) is 5.78 Å². The van der Waals surface area contributed by atoms with Crippen LogP contribution in [0.5, 0.6) is 0 Å². The summed E-state index contributed by atoms with van der Waals surface area (Å²) in [6, 6.07) is 20.6. The van der Waals surface area contributed by atoms with Gasteiger partial charge in [0.05, 0.1) is 0 Å². The van der Waals surface area contributed by atoms with Crippen LogP contribution in [0, 0.1) is 0 Å². The van der Waals surface area contributed by atoms with Crippen LogP contribution in [0.15, 0.2) is 60.7 Å². The number of carbonyl (C=O) groups is 1. The second-order valence-electron chi connectivity index (χ2n) is 9.05. The molecule has 0 aliphatic rings. The number of aliphatic hydroxyl groups excluding tert-OH is 2. The Morgan fingerprint density at radius 2 is 1.03 bits per heavy atom. The maximum absolute atomic E-state index is 12.5. The minimum atomic E-state index is -0.0940. The van der Waals surface area contributed by atoms with Crippen molar-refractivity contribution in [3.63, 3.8) is 0 Å². The molecule has 0 saturated heterocycles. The number of rotatable bonds is 14. The smallest absolute Gasteiger partial charge is 0.132 e. The molecule has 0 aromatic heterocycles. The number of hydrogen-bond donors (Lipinski definition) is 2. The molecule has 2 aromatic carbocycles. The fraction of sp³-hybridized carbons (Fsp3) is 0.519. The lowest BCUT2D eigenvalue weighted by molar-refractivity contribution is -0.119. The normalized spacial score (nSPS) is 15.3. The molecule has 2 N–H and O–H groups in total. The molecule has 0 spiro atoms. The molecular formula is C27H38O3. The molecule has 0 bridgehead atoms. The van der Waals surface area contributed by atoms with E-state index in [2.05, 4.69) is 38.1 Å². The van der Waals surface area contributed by atoms with E-state index in [9.17, 15) is 15.0 Å². The van der Waals surface area contributed by atoms with E-state index in [4.69, 9.17) is 0 Å². The van der Waals surface area contributed by atoms with Crippen LogP contribution in [0.4, 0.5) is 0 Å². The number of carbonyl (C=O) groups excluding carboxylic acids is 1. The van der Waals surface area contributed by atoms with Gasteiger partial charge in [0.25, 0.3) is 0 Å². The van der Waals surface area contributed by atoms with Gasteiger partial charge in [-0.3, -0.25) is 4.79 Å². The van der Waals surface area contributed by atoms with Gasteiger partial charge in [0.2, 0.25) is 0 Å². The minimum absolute atomic E-state index is 0.0940. The zero-order valence-electron chi connectivity index (χ0n) is 18.6. The van der Waals surface area contributed by atoms with Gasteiger partial charge < -0.3 is 10.2 Å². The summed E-state index contributed by atoms with van der Waals surface area (Å²) in [6.07, 6.45) is 6.09. The Hall–Kier alpha value is -1.97. The van der Waals surface area contributed by atoms with Crippen molar-refractivity contribution in [2.45, 2.75) is 76.0 Å². The monoisotopic (exact) mass is 410 g/mol. The molecule has 0 aliphatic carbocycles. The van der Waals surface area contributed by atoms with Gasteiger partial charge >= 0.3 is 0 Å². The van der Waals surface area contributed by atoms with E-state index in [1.54, 1.807) is 0 Å². The number of ketones is 1. The maximum Gasteiger partial charge on any atom is 0.132 e. The average molecular weight is 411 g/mol. The van der Waals surface area contributed by atoms with E-state index in [1.807, 2.05) is 36.4 Å². The lowest BCUT2D eigenvalue weighted by Gasteiger charge is -2.30. The number of benzene rings is 2. The standard InChI is InChI=1S/C27H38O3/c1-26(19-21-28,23-11-5-3-6-12-23)17-9-15-25(30)16-10-18-27(2,20-22-29)24-13-7-4-8-14-24/h3-8,11-14,28-29H,9-10,15-22H2,1-2H3. The zero-order valence-corrected chi connectivity index (χ0v) is 18.6. The van der Waals surface area contributed by atoms with Crippen molar-refractivity contribution in [1.82, 2.24) is 0 Å². The molecule has 2 rings (SSSR count). The predicted molar refractivity (Wildman–Crippen MR) is 124 cm³/mol. The molecule has 2 unspecified atom stereocenters. The van der Waals surface area contributed by atoms with Gasteiger partial charge in [-0.2, -0.15) is 0 Å². The quantitative estimate of drug-likeness (QED) is 0.428. The van der Waals surface area contributed by atoms with Crippen molar-refractivity contribution in [3.05, 3.63) is 71.8 Å². The summed E-state index contributed by atoms with van der Waals surface area (Å²) in [6.45, 7) is 4.68. The summed E-state index contributed by atoms with van der Waals surface area (Å²) in [5.41, 5.74) is 2.27. The van der Waals surface area contributed by atoms with E-state index in [0.717, 1.165) is 25.7 Å². The van der Waals surface area contributed by atoms with Crippen LogP contribution in [-0.4, -0.2) is 29.2 Å². The number of aliphatic hydroxyl groups is 2. The topological polar surface area (TPSA) is 57.5 Å². The van der Waals surface area contributed by atoms with E-state index in [-0.39, 0.29) is 24.0 Å². The van der Waals surface area contributed by atoms with Gasteiger partial charge in [0, 0.05) is 26.1 Å². The molecule has 30 heavy (non-hydrogen) atoms. The molecule has 0 fully saturated rings. The van der Waals surface area contributed by atoms with Crippen LogP contribution in [0.3, 0.4) is 0 Å². The molecule has 0 saturated carbocycles. The Labute approximate surface area is 182 Å². The van der Waals surface area contributed by atoms with Crippen molar-refractivity contribution < 1.29 is 15.0 Å². The van der Waals surface area contributed by atoms with Crippen LogP contribution in [-0.2, 0) is 15.6 Å². The first-order valence-corrected chi connectivity index (χ1v) is 11.3. The zero-order chi connectivity index (χ0) is 21.9. The molecule has 3 heteroatoms. The molecule has 0 radical (unpaired) electrons. The summed E-state index contributed by atoms with van der Waals surface area (Å²) in [4.78, 5) is 12.5. The van der Waals surface area contributed by atoms with Crippen molar-refractivity contribution >= 4 is 5.78 Å². The Morgan fingerprint density at radius 1 is 0.667 bits per heavy atom. The third kappa shape index (κ3) is 7.07. The number of hydrogen-bond acceptors (Lipinski definition) is 3. The highest BCUT2D eigenvalue weighted by Crippen LogP contribution is 2.34. The van der Waals surface area contributed by atoms with Crippen LogP contribution >= 0.6 is 0 Å². The Bertz CT molecular complexity index is 680. The molecule has 2 aromatic rings. The highest BCUT2D eigenvalue weighted by molar-refractivity contribution is 5.78. The highest BCUT2D eigenvalue weighted by Gasteiger charge is 2.27. The fourth-order valence-corrected chi connectivity index (χ4v) is 4.48. The molecule has 3 nitrogen and oxygen atoms in total. The first kappa shape index (κ1) is 24.3. The Morgan fingerprint density at radius 3 is 1.37 bits per heavy atom. The summed E-state index contributed by atoms with van der Waals surface area (Å²) >= 11 is 0.